The Bertz CT molecular complexity index is 1380. The van der Waals surface area contributed by atoms with Crippen molar-refractivity contribution in [1.82, 2.24) is 4.57 Å². The average molecular weight is 548 g/mol. The minimum Gasteiger partial charge on any atom is -0.457 e. The second kappa shape index (κ2) is 9.56. The summed E-state index contributed by atoms with van der Waals surface area (Å²) in [4.78, 5) is 21.1. The van der Waals surface area contributed by atoms with Crippen LogP contribution in [0, 0.1) is 24.7 Å². The number of nitrogens with zero attached hydrogens (tertiary/aromatic N) is 2. The lowest BCUT2D eigenvalue weighted by Crippen LogP contribution is -2.50. The number of aryl methyl sites for hydroxylation is 1. The number of rotatable bonds is 7. The van der Waals surface area contributed by atoms with Gasteiger partial charge in [-0.15, -0.1) is 11.3 Å². The van der Waals surface area contributed by atoms with E-state index in [0.717, 1.165) is 34.9 Å². The largest absolute Gasteiger partial charge is 0.457 e. The molecule has 5 fully saturated rings. The normalized spacial score (nSPS) is 28.1. The Kier molecular flexibility index (Phi) is 6.16. The number of hydrogen-bond acceptors (Lipinski definition) is 4. The van der Waals surface area contributed by atoms with Crippen LogP contribution in [0.15, 0.2) is 53.5 Å². The molecule has 4 bridgehead atoms. The molecule has 1 N–H and O–H groups in total. The molecule has 8 rings (SSSR count). The highest BCUT2D eigenvalue weighted by molar-refractivity contribution is 7.09. The van der Waals surface area contributed by atoms with E-state index in [4.69, 9.17) is 21.3 Å². The van der Waals surface area contributed by atoms with Crippen LogP contribution in [0.5, 0.6) is 11.5 Å². The molecule has 0 aliphatic heterocycles. The van der Waals surface area contributed by atoms with E-state index in [9.17, 15) is 4.79 Å². The summed E-state index contributed by atoms with van der Waals surface area (Å²) in [5, 5.41) is 3.76. The van der Waals surface area contributed by atoms with Crippen LogP contribution in [0.2, 0.25) is 5.02 Å². The number of halogens is 1. The molecule has 7 heteroatoms. The first kappa shape index (κ1) is 24.5. The van der Waals surface area contributed by atoms with Crippen LogP contribution >= 0.6 is 22.9 Å². The summed E-state index contributed by atoms with van der Waals surface area (Å²) in [6, 6.07) is 15.3. The molecule has 0 atom stereocenters. The maximum Gasteiger partial charge on any atom is 0.230 e. The number of nitrogens with one attached hydrogen (secondary N) is 1. The number of ether oxygens (including phenoxy) is 1. The second-order valence-electron chi connectivity index (χ2n) is 12.0. The van der Waals surface area contributed by atoms with Gasteiger partial charge in [0.15, 0.2) is 4.80 Å². The zero-order chi connectivity index (χ0) is 25.9. The molecule has 38 heavy (non-hydrogen) atoms. The van der Waals surface area contributed by atoms with Gasteiger partial charge >= 0.3 is 0 Å². The van der Waals surface area contributed by atoms with E-state index < -0.39 is 0 Å². The zero-order valence-corrected chi connectivity index (χ0v) is 23.4. The highest BCUT2D eigenvalue weighted by Crippen LogP contribution is 2.57. The summed E-state index contributed by atoms with van der Waals surface area (Å²) in [5.74, 6) is 4.09. The number of hydrogen-bond donors (Lipinski definition) is 1. The summed E-state index contributed by atoms with van der Waals surface area (Å²) in [6.07, 6.45) is 10.9. The number of carbonyl (C=O) groups excluding carboxylic acids is 1. The van der Waals surface area contributed by atoms with E-state index in [1.165, 1.54) is 61.0 Å². The van der Waals surface area contributed by atoms with Crippen LogP contribution in [0.3, 0.4) is 0 Å². The van der Waals surface area contributed by atoms with E-state index in [0.29, 0.717) is 23.2 Å². The molecule has 1 amide bonds. The maximum atomic E-state index is 13.2. The van der Waals surface area contributed by atoms with E-state index >= 15 is 0 Å². The Morgan fingerprint density at radius 3 is 2.16 bits per heavy atom. The van der Waals surface area contributed by atoms with Gasteiger partial charge in [0.2, 0.25) is 5.91 Å². The van der Waals surface area contributed by atoms with Gasteiger partial charge < -0.3 is 14.6 Å². The van der Waals surface area contributed by atoms with Crippen LogP contribution in [-0.4, -0.2) is 16.0 Å². The summed E-state index contributed by atoms with van der Waals surface area (Å²) < 4.78 is 8.30. The highest BCUT2D eigenvalue weighted by atomic mass is 35.5. The molecule has 5 aliphatic carbocycles. The van der Waals surface area contributed by atoms with Crippen molar-refractivity contribution in [3.63, 3.8) is 0 Å². The molecule has 1 heterocycles. The Balaban J connectivity index is 1.07. The molecule has 3 aromatic rings. The third-order valence-electron chi connectivity index (χ3n) is 8.91. The van der Waals surface area contributed by atoms with E-state index in [-0.39, 0.29) is 11.4 Å². The van der Waals surface area contributed by atoms with Crippen molar-refractivity contribution in [2.75, 3.05) is 5.32 Å². The molecule has 0 unspecified atom stereocenters. The number of thiazole rings is 1. The highest BCUT2D eigenvalue weighted by Gasteiger charge is 2.51. The standard InChI is InChI=1S/C31H34ClN3O2S/c1-19-28(15-29(36)33-24-4-10-27(11-5-24)37-26-8-2-23(32)3-9-26)35(25-6-7-25)30(38-19)34-31-16-20-12-21(17-31)14-22(13-20)18-31/h2-5,8-11,20-22,25H,6-7,12-18H2,1H3,(H,33,36). The lowest BCUT2D eigenvalue weighted by molar-refractivity contribution is -0.115. The van der Waals surface area contributed by atoms with E-state index in [1.807, 2.05) is 36.4 Å². The molecular formula is C31H34ClN3O2S. The Hall–Kier alpha value is -2.57. The van der Waals surface area contributed by atoms with Gasteiger partial charge in [0.1, 0.15) is 11.5 Å². The third kappa shape index (κ3) is 4.93. The number of carbonyl (C=O) groups is 1. The van der Waals surface area contributed by atoms with Crippen LogP contribution < -0.4 is 14.9 Å². The zero-order valence-electron chi connectivity index (χ0n) is 21.8. The molecular weight excluding hydrogens is 514 g/mol. The van der Waals surface area contributed by atoms with E-state index in [1.54, 1.807) is 23.5 Å². The number of benzene rings is 2. The lowest BCUT2D eigenvalue weighted by Gasteiger charge is -2.54. The fourth-order valence-electron chi connectivity index (χ4n) is 7.53. The molecule has 5 nitrogen and oxygen atoms in total. The molecule has 1 aromatic heterocycles. The van der Waals surface area contributed by atoms with Gasteiger partial charge in [-0.3, -0.25) is 9.79 Å². The number of amides is 1. The predicted molar refractivity (Wildman–Crippen MR) is 152 cm³/mol. The van der Waals surface area contributed by atoms with Crippen LogP contribution in [0.1, 0.15) is 68.0 Å². The van der Waals surface area contributed by atoms with Crippen molar-refractivity contribution < 1.29 is 9.53 Å². The van der Waals surface area contributed by atoms with Crippen molar-refractivity contribution >= 4 is 34.5 Å². The first-order chi connectivity index (χ1) is 18.4. The summed E-state index contributed by atoms with van der Waals surface area (Å²) in [6.45, 7) is 2.16. The smallest absolute Gasteiger partial charge is 0.230 e. The van der Waals surface area contributed by atoms with Crippen LogP contribution in [-0.2, 0) is 11.2 Å². The SMILES string of the molecule is Cc1sc(=NC23CC4CC(CC(C4)C2)C3)n(C2CC2)c1CC(=O)Nc1ccc(Oc2ccc(Cl)cc2)cc1. The van der Waals surface area contributed by atoms with Gasteiger partial charge in [0.25, 0.3) is 0 Å². The first-order valence-electron chi connectivity index (χ1n) is 14.0. The van der Waals surface area contributed by atoms with Gasteiger partial charge in [-0.25, -0.2) is 0 Å². The van der Waals surface area contributed by atoms with Gasteiger partial charge in [0, 0.05) is 27.3 Å². The molecule has 0 saturated heterocycles. The molecule has 2 aromatic carbocycles. The van der Waals surface area contributed by atoms with Gasteiger partial charge in [-0.2, -0.15) is 0 Å². The predicted octanol–water partition coefficient (Wildman–Crippen LogP) is 7.69. The van der Waals surface area contributed by atoms with Gasteiger partial charge in [0.05, 0.1) is 12.0 Å². The number of anilines is 1. The summed E-state index contributed by atoms with van der Waals surface area (Å²) in [7, 11) is 0. The van der Waals surface area contributed by atoms with Crippen molar-refractivity contribution in [3.05, 3.63) is 68.9 Å². The fraction of sp³-hybridized carbons (Fsp3) is 0.484. The molecule has 198 valence electrons. The van der Waals surface area contributed by atoms with Crippen molar-refractivity contribution in [2.24, 2.45) is 22.7 Å². The topological polar surface area (TPSA) is 55.6 Å². The minimum atomic E-state index is 0.00743. The monoisotopic (exact) mass is 547 g/mol. The third-order valence-corrected chi connectivity index (χ3v) is 10.2. The Morgan fingerprint density at radius 2 is 1.58 bits per heavy atom. The fourth-order valence-corrected chi connectivity index (χ4v) is 8.82. The Labute approximate surface area is 232 Å². The van der Waals surface area contributed by atoms with Crippen LogP contribution in [0.25, 0.3) is 0 Å². The second-order valence-corrected chi connectivity index (χ2v) is 13.7. The minimum absolute atomic E-state index is 0.00743. The van der Waals surface area contributed by atoms with Gasteiger partial charge in [-0.05, 0) is 125 Å². The van der Waals surface area contributed by atoms with Crippen molar-refractivity contribution in [2.45, 2.75) is 76.3 Å². The van der Waals surface area contributed by atoms with Crippen molar-refractivity contribution in [3.8, 4) is 11.5 Å². The van der Waals surface area contributed by atoms with Crippen molar-refractivity contribution in [1.29, 1.82) is 0 Å². The first-order valence-corrected chi connectivity index (χ1v) is 15.2. The van der Waals surface area contributed by atoms with E-state index in [2.05, 4.69) is 16.8 Å². The summed E-state index contributed by atoms with van der Waals surface area (Å²) in [5.41, 5.74) is 2.06. The molecule has 0 spiro atoms. The molecule has 5 aliphatic rings. The molecule has 0 radical (unpaired) electrons. The Morgan fingerprint density at radius 1 is 1.00 bits per heavy atom. The van der Waals surface area contributed by atoms with Gasteiger partial charge in [-0.1, -0.05) is 11.6 Å². The average Bonchev–Trinajstić information content (AvgIpc) is 3.66. The summed E-state index contributed by atoms with van der Waals surface area (Å²) >= 11 is 7.75. The lowest BCUT2D eigenvalue weighted by atomic mass is 9.53. The number of aromatic nitrogens is 1. The van der Waals surface area contributed by atoms with Crippen LogP contribution in [0.4, 0.5) is 5.69 Å². The maximum absolute atomic E-state index is 13.2. The molecule has 5 saturated carbocycles. The quantitative estimate of drug-likeness (QED) is 0.329.